The summed E-state index contributed by atoms with van der Waals surface area (Å²) >= 11 is 0. The molecule has 1 saturated heterocycles. The fourth-order valence-electron chi connectivity index (χ4n) is 2.12. The zero-order valence-electron chi connectivity index (χ0n) is 13.0. The van der Waals surface area contributed by atoms with E-state index in [0.29, 0.717) is 11.3 Å². The molecule has 4 N–H and O–H groups in total. The van der Waals surface area contributed by atoms with Gasteiger partial charge in [-0.1, -0.05) is 18.2 Å². The SMILES string of the molecule is O=C([O-])/C=C/c1ccc(O[C@H]2O[C@H](CO)[C@@H](O)[C@H](O)[C@@H]2O)cc1.[K+]. The fourth-order valence-corrected chi connectivity index (χ4v) is 2.12. The molecule has 1 aromatic carbocycles. The van der Waals surface area contributed by atoms with E-state index < -0.39 is 43.3 Å². The van der Waals surface area contributed by atoms with Crippen molar-refractivity contribution in [1.82, 2.24) is 0 Å². The van der Waals surface area contributed by atoms with Gasteiger partial charge in [-0.05, 0) is 23.8 Å². The minimum Gasteiger partial charge on any atom is -0.545 e. The summed E-state index contributed by atoms with van der Waals surface area (Å²) in [5.74, 6) is -1.02. The second-order valence-corrected chi connectivity index (χ2v) is 5.04. The Bertz CT molecular complexity index is 559. The molecule has 8 nitrogen and oxygen atoms in total. The Morgan fingerprint density at radius 3 is 2.33 bits per heavy atom. The Morgan fingerprint density at radius 2 is 1.79 bits per heavy atom. The molecule has 0 bridgehead atoms. The minimum atomic E-state index is -1.52. The number of aliphatic hydroxyl groups excluding tert-OH is 4. The molecule has 0 aromatic heterocycles. The van der Waals surface area contributed by atoms with Gasteiger partial charge in [0, 0.05) is 0 Å². The van der Waals surface area contributed by atoms with Crippen molar-refractivity contribution in [1.29, 1.82) is 0 Å². The van der Waals surface area contributed by atoms with Crippen LogP contribution >= 0.6 is 0 Å². The summed E-state index contributed by atoms with van der Waals surface area (Å²) in [5.41, 5.74) is 0.593. The maximum atomic E-state index is 10.3. The van der Waals surface area contributed by atoms with E-state index >= 15 is 0 Å². The monoisotopic (exact) mass is 364 g/mol. The number of benzene rings is 1. The number of carbonyl (C=O) groups is 1. The standard InChI is InChI=1S/C15H18O8.K/c16-7-10-12(19)13(20)14(21)15(23-10)22-9-4-1-8(2-5-9)3-6-11(17)18;/h1-6,10,12-16,19-21H,7H2,(H,17,18);/q;+1/p-1/b6-3+;/t10-,12-,13+,14+,15+;/m1./s1. The fraction of sp³-hybridized carbons (Fsp3) is 0.400. The molecule has 1 aromatic rings. The van der Waals surface area contributed by atoms with E-state index in [9.17, 15) is 25.2 Å². The van der Waals surface area contributed by atoms with E-state index in [1.54, 1.807) is 12.1 Å². The van der Waals surface area contributed by atoms with Crippen LogP contribution in [0.5, 0.6) is 5.75 Å². The van der Waals surface area contributed by atoms with Gasteiger partial charge in [-0.25, -0.2) is 0 Å². The van der Waals surface area contributed by atoms with Crippen LogP contribution in [-0.2, 0) is 9.53 Å². The van der Waals surface area contributed by atoms with Crippen LogP contribution in [0.3, 0.4) is 0 Å². The molecule has 0 radical (unpaired) electrons. The number of hydrogen-bond acceptors (Lipinski definition) is 8. The van der Waals surface area contributed by atoms with Crippen LogP contribution in [0.2, 0.25) is 0 Å². The number of carboxylic acids is 1. The van der Waals surface area contributed by atoms with Gasteiger partial charge < -0.3 is 39.8 Å². The molecule has 0 aliphatic carbocycles. The average Bonchev–Trinajstić information content (AvgIpc) is 2.54. The van der Waals surface area contributed by atoms with Gasteiger partial charge in [-0.3, -0.25) is 0 Å². The van der Waals surface area contributed by atoms with Crippen LogP contribution < -0.4 is 61.2 Å². The second kappa shape index (κ2) is 9.97. The largest absolute Gasteiger partial charge is 1.00 e. The van der Waals surface area contributed by atoms with E-state index in [2.05, 4.69) is 0 Å². The van der Waals surface area contributed by atoms with Crippen molar-refractivity contribution in [3.05, 3.63) is 35.9 Å². The van der Waals surface area contributed by atoms with E-state index in [4.69, 9.17) is 14.6 Å². The zero-order chi connectivity index (χ0) is 17.0. The molecule has 0 spiro atoms. The van der Waals surface area contributed by atoms with Crippen molar-refractivity contribution < 1.29 is 91.2 Å². The van der Waals surface area contributed by atoms with Gasteiger partial charge in [0.05, 0.1) is 12.6 Å². The number of hydrogen-bond donors (Lipinski definition) is 4. The summed E-state index contributed by atoms with van der Waals surface area (Å²) in [6.45, 7) is -0.544. The predicted octanol–water partition coefficient (Wildman–Crippen LogP) is -5.37. The Labute approximate surface area is 180 Å². The first-order chi connectivity index (χ1) is 10.9. The number of aliphatic carboxylic acids is 1. The van der Waals surface area contributed by atoms with Crippen molar-refractivity contribution >= 4 is 12.0 Å². The van der Waals surface area contributed by atoms with Gasteiger partial charge in [0.15, 0.2) is 0 Å². The summed E-state index contributed by atoms with van der Waals surface area (Å²) in [6, 6.07) is 6.16. The maximum absolute atomic E-state index is 10.3. The zero-order valence-corrected chi connectivity index (χ0v) is 16.1. The molecule has 1 aliphatic rings. The number of carbonyl (C=O) groups excluding carboxylic acids is 1. The van der Waals surface area contributed by atoms with E-state index in [-0.39, 0.29) is 51.4 Å². The molecule has 1 fully saturated rings. The number of ether oxygens (including phenoxy) is 2. The molecule has 0 amide bonds. The van der Waals surface area contributed by atoms with E-state index in [1.807, 2.05) is 0 Å². The first-order valence-electron chi connectivity index (χ1n) is 6.88. The smallest absolute Gasteiger partial charge is 0.545 e. The van der Waals surface area contributed by atoms with Crippen molar-refractivity contribution in [2.45, 2.75) is 30.7 Å². The first-order valence-corrected chi connectivity index (χ1v) is 6.88. The van der Waals surface area contributed by atoms with Gasteiger partial charge in [0.2, 0.25) is 6.29 Å². The second-order valence-electron chi connectivity index (χ2n) is 5.04. The van der Waals surface area contributed by atoms with Gasteiger partial charge in [0.1, 0.15) is 30.2 Å². The minimum absolute atomic E-state index is 0. The van der Waals surface area contributed by atoms with Crippen LogP contribution in [0.25, 0.3) is 6.08 Å². The molecule has 1 heterocycles. The summed E-state index contributed by atoms with van der Waals surface area (Å²) in [7, 11) is 0. The predicted molar refractivity (Wildman–Crippen MR) is 74.9 cm³/mol. The van der Waals surface area contributed by atoms with E-state index in [1.165, 1.54) is 18.2 Å². The molecule has 9 heteroatoms. The maximum Gasteiger partial charge on any atom is 1.00 e. The van der Waals surface area contributed by atoms with Crippen LogP contribution in [-0.4, -0.2) is 63.7 Å². The Morgan fingerprint density at radius 1 is 1.17 bits per heavy atom. The Balaban J connectivity index is 0.00000288. The summed E-state index contributed by atoms with van der Waals surface area (Å²) in [6.07, 6.45) is -4.56. The normalized spacial score (nSPS) is 29.9. The topological polar surface area (TPSA) is 140 Å². The number of carboxylic acid groups (broad SMARTS) is 1. The van der Waals surface area contributed by atoms with Crippen LogP contribution in [0.1, 0.15) is 5.56 Å². The molecule has 0 unspecified atom stereocenters. The summed E-state index contributed by atoms with van der Waals surface area (Å²) in [4.78, 5) is 10.3. The molecular weight excluding hydrogens is 347 g/mol. The third kappa shape index (κ3) is 5.60. The Kier molecular flexibility index (Phi) is 9.02. The van der Waals surface area contributed by atoms with Crippen molar-refractivity contribution in [3.63, 3.8) is 0 Å². The van der Waals surface area contributed by atoms with E-state index in [0.717, 1.165) is 6.08 Å². The quantitative estimate of drug-likeness (QED) is 0.300. The molecule has 24 heavy (non-hydrogen) atoms. The molecular formula is C15H17KO8. The van der Waals surface area contributed by atoms with Crippen LogP contribution in [0.4, 0.5) is 0 Å². The summed E-state index contributed by atoms with van der Waals surface area (Å²) < 4.78 is 10.6. The first kappa shape index (κ1) is 21.7. The van der Waals surface area contributed by atoms with Gasteiger partial charge >= 0.3 is 51.4 Å². The molecule has 0 saturated carbocycles. The van der Waals surface area contributed by atoms with Gasteiger partial charge in [0.25, 0.3) is 0 Å². The third-order valence-corrected chi connectivity index (χ3v) is 3.39. The number of rotatable bonds is 5. The molecule has 2 rings (SSSR count). The average molecular weight is 364 g/mol. The van der Waals surface area contributed by atoms with Crippen LogP contribution in [0, 0.1) is 0 Å². The van der Waals surface area contributed by atoms with Gasteiger partial charge in [-0.15, -0.1) is 0 Å². The Hall–Kier alpha value is -0.334. The molecule has 126 valence electrons. The molecule has 5 atom stereocenters. The van der Waals surface area contributed by atoms with Crippen LogP contribution in [0.15, 0.2) is 30.3 Å². The summed E-state index contributed by atoms with van der Waals surface area (Å²) in [5, 5.41) is 48.6. The number of aliphatic hydroxyl groups is 4. The van der Waals surface area contributed by atoms with Crippen molar-refractivity contribution in [2.24, 2.45) is 0 Å². The third-order valence-electron chi connectivity index (χ3n) is 3.39. The molecule has 1 aliphatic heterocycles. The van der Waals surface area contributed by atoms with Crippen molar-refractivity contribution in [3.8, 4) is 5.75 Å². The van der Waals surface area contributed by atoms with Gasteiger partial charge in [-0.2, -0.15) is 0 Å². The van der Waals surface area contributed by atoms with Crippen molar-refractivity contribution in [2.75, 3.05) is 6.61 Å².